The van der Waals surface area contributed by atoms with Gasteiger partial charge in [-0.2, -0.15) is 5.10 Å². The Morgan fingerprint density at radius 2 is 2.47 bits per heavy atom. The lowest BCUT2D eigenvalue weighted by Crippen LogP contribution is -2.11. The van der Waals surface area contributed by atoms with E-state index in [0.717, 1.165) is 0 Å². The molecule has 2 aromatic rings. The summed E-state index contributed by atoms with van der Waals surface area (Å²) in [7, 11) is 0. The van der Waals surface area contributed by atoms with Crippen molar-refractivity contribution in [2.24, 2.45) is 5.16 Å². The molecule has 2 rings (SSSR count). The van der Waals surface area contributed by atoms with Crippen LogP contribution in [0, 0.1) is 0 Å². The number of nitrogens with one attached hydrogen (secondary N) is 2. The molecule has 0 aliphatic rings. The van der Waals surface area contributed by atoms with Crippen LogP contribution < -0.4 is 5.32 Å². The highest BCUT2D eigenvalue weighted by Gasteiger charge is 2.10. The molecule has 88 valence electrons. The van der Waals surface area contributed by atoms with Gasteiger partial charge in [-0.15, -0.1) is 11.3 Å². The number of aromatic amines is 1. The fourth-order valence-corrected chi connectivity index (χ4v) is 1.84. The highest BCUT2D eigenvalue weighted by molar-refractivity contribution is 7.14. The van der Waals surface area contributed by atoms with Crippen molar-refractivity contribution in [3.05, 3.63) is 29.0 Å². The van der Waals surface area contributed by atoms with Crippen molar-refractivity contribution in [2.45, 2.75) is 6.92 Å². The Morgan fingerprint density at radius 3 is 3.12 bits per heavy atom. The molecule has 17 heavy (non-hydrogen) atoms. The molecule has 2 aromatic heterocycles. The summed E-state index contributed by atoms with van der Waals surface area (Å²) in [6.45, 7) is 1.62. The Kier molecular flexibility index (Phi) is 3.15. The number of carbonyl (C=O) groups excluding carboxylic acids is 1. The molecule has 1 amide bonds. The van der Waals surface area contributed by atoms with E-state index in [9.17, 15) is 4.79 Å². The number of hydrogen-bond acceptors (Lipinski definition) is 6. The van der Waals surface area contributed by atoms with Crippen LogP contribution in [0.2, 0.25) is 0 Å². The Hall–Kier alpha value is -2.22. The van der Waals surface area contributed by atoms with E-state index in [1.54, 1.807) is 12.3 Å². The normalized spacial score (nSPS) is 11.5. The first-order valence-corrected chi connectivity index (χ1v) is 5.53. The molecule has 0 fully saturated rings. The molecular weight excluding hydrogens is 242 g/mol. The molecular formula is C9H9N5O2S. The summed E-state index contributed by atoms with van der Waals surface area (Å²) in [5.41, 5.74) is 1.35. The highest BCUT2D eigenvalue weighted by Crippen LogP contribution is 2.16. The predicted molar refractivity (Wildman–Crippen MR) is 62.7 cm³/mol. The number of H-pyrrole nitrogens is 1. The number of anilines is 1. The van der Waals surface area contributed by atoms with Crippen LogP contribution in [0.15, 0.2) is 22.9 Å². The summed E-state index contributed by atoms with van der Waals surface area (Å²) in [5.74, 6) is -0.293. The summed E-state index contributed by atoms with van der Waals surface area (Å²) in [6.07, 6.45) is 2.91. The first-order chi connectivity index (χ1) is 8.20. The van der Waals surface area contributed by atoms with Gasteiger partial charge >= 0.3 is 0 Å². The van der Waals surface area contributed by atoms with Crippen molar-refractivity contribution < 1.29 is 10.0 Å². The minimum atomic E-state index is -0.293. The largest absolute Gasteiger partial charge is 0.411 e. The number of aromatic nitrogens is 3. The Labute approximate surface area is 100 Å². The smallest absolute Gasteiger partial charge is 0.260 e. The summed E-state index contributed by atoms with van der Waals surface area (Å²) in [6, 6.07) is 0. The predicted octanol–water partition coefficient (Wildman–Crippen LogP) is 1.32. The van der Waals surface area contributed by atoms with Gasteiger partial charge in [0.05, 0.1) is 11.8 Å². The standard InChI is InChI=1S/C9H9N5O2S/c1-5(14-16)7-4-17-9(12-7)13-8(15)6-2-10-11-3-6/h2-4,16H,1H3,(H,10,11)(H,12,13,15). The quantitative estimate of drug-likeness (QED) is 0.434. The van der Waals surface area contributed by atoms with Crippen molar-refractivity contribution in [3.63, 3.8) is 0 Å². The fourth-order valence-electron chi connectivity index (χ4n) is 1.09. The number of oxime groups is 1. The van der Waals surface area contributed by atoms with Crippen molar-refractivity contribution in [1.82, 2.24) is 15.2 Å². The highest BCUT2D eigenvalue weighted by atomic mass is 32.1. The summed E-state index contributed by atoms with van der Waals surface area (Å²) in [4.78, 5) is 15.7. The lowest BCUT2D eigenvalue weighted by atomic mass is 10.3. The van der Waals surface area contributed by atoms with E-state index in [0.29, 0.717) is 22.1 Å². The van der Waals surface area contributed by atoms with Crippen molar-refractivity contribution in [2.75, 3.05) is 5.32 Å². The maximum atomic E-state index is 11.6. The zero-order valence-electron chi connectivity index (χ0n) is 8.84. The van der Waals surface area contributed by atoms with Crippen LogP contribution in [0.1, 0.15) is 23.0 Å². The maximum absolute atomic E-state index is 11.6. The topological polar surface area (TPSA) is 103 Å². The number of hydrogen-bond donors (Lipinski definition) is 3. The van der Waals surface area contributed by atoms with E-state index < -0.39 is 0 Å². The molecule has 7 nitrogen and oxygen atoms in total. The van der Waals surface area contributed by atoms with E-state index in [-0.39, 0.29) is 5.91 Å². The summed E-state index contributed by atoms with van der Waals surface area (Å²) in [5, 5.41) is 22.6. The molecule has 0 saturated heterocycles. The fraction of sp³-hybridized carbons (Fsp3) is 0.111. The Bertz CT molecular complexity index is 545. The molecule has 0 saturated carbocycles. The zero-order chi connectivity index (χ0) is 12.3. The third-order valence-corrected chi connectivity index (χ3v) is 2.76. The second kappa shape index (κ2) is 4.74. The molecule has 3 N–H and O–H groups in total. The molecule has 0 bridgehead atoms. The van der Waals surface area contributed by atoms with Gasteiger partial charge in [0.2, 0.25) is 0 Å². The minimum absolute atomic E-state index is 0.293. The number of rotatable bonds is 3. The number of carbonyl (C=O) groups is 1. The Balaban J connectivity index is 2.10. The van der Waals surface area contributed by atoms with Gasteiger partial charge in [0.1, 0.15) is 11.4 Å². The molecule has 8 heteroatoms. The van der Waals surface area contributed by atoms with Gasteiger partial charge in [-0.05, 0) is 6.92 Å². The van der Waals surface area contributed by atoms with Crippen LogP contribution in [0.5, 0.6) is 0 Å². The summed E-state index contributed by atoms with van der Waals surface area (Å²) < 4.78 is 0. The SMILES string of the molecule is CC(=NO)c1csc(NC(=O)c2cn[nH]c2)n1. The molecule has 2 heterocycles. The van der Waals surface area contributed by atoms with E-state index in [1.807, 2.05) is 0 Å². The van der Waals surface area contributed by atoms with Gasteiger partial charge < -0.3 is 5.21 Å². The van der Waals surface area contributed by atoms with Crippen molar-refractivity contribution in [3.8, 4) is 0 Å². The lowest BCUT2D eigenvalue weighted by Gasteiger charge is -1.97. The zero-order valence-corrected chi connectivity index (χ0v) is 9.65. The first-order valence-electron chi connectivity index (χ1n) is 4.65. The molecule has 0 aliphatic heterocycles. The van der Waals surface area contributed by atoms with Gasteiger partial charge in [0.15, 0.2) is 5.13 Å². The molecule has 0 aliphatic carbocycles. The van der Waals surface area contributed by atoms with Crippen LogP contribution in [-0.2, 0) is 0 Å². The van der Waals surface area contributed by atoms with Crippen molar-refractivity contribution >= 4 is 28.1 Å². The van der Waals surface area contributed by atoms with E-state index in [4.69, 9.17) is 5.21 Å². The lowest BCUT2D eigenvalue weighted by molar-refractivity contribution is 0.102. The second-order valence-electron chi connectivity index (χ2n) is 3.16. The van der Waals surface area contributed by atoms with E-state index >= 15 is 0 Å². The van der Waals surface area contributed by atoms with Crippen molar-refractivity contribution in [1.29, 1.82) is 0 Å². The van der Waals surface area contributed by atoms with Crippen LogP contribution >= 0.6 is 11.3 Å². The van der Waals surface area contributed by atoms with Gasteiger partial charge in [0, 0.05) is 11.6 Å². The third kappa shape index (κ3) is 2.48. The van der Waals surface area contributed by atoms with E-state index in [2.05, 4.69) is 25.7 Å². The average Bonchev–Trinajstić information content (AvgIpc) is 2.98. The second-order valence-corrected chi connectivity index (χ2v) is 4.02. The van der Waals surface area contributed by atoms with Crippen LogP contribution in [0.3, 0.4) is 0 Å². The number of thiazole rings is 1. The molecule has 0 unspecified atom stereocenters. The first kappa shape index (κ1) is 11.3. The maximum Gasteiger partial charge on any atom is 0.260 e. The molecule has 0 atom stereocenters. The Morgan fingerprint density at radius 1 is 1.65 bits per heavy atom. The summed E-state index contributed by atoms with van der Waals surface area (Å²) >= 11 is 1.25. The van der Waals surface area contributed by atoms with Crippen LogP contribution in [-0.4, -0.2) is 32.0 Å². The van der Waals surface area contributed by atoms with Crippen LogP contribution in [0.4, 0.5) is 5.13 Å². The van der Waals surface area contributed by atoms with Crippen LogP contribution in [0.25, 0.3) is 0 Å². The number of amides is 1. The monoisotopic (exact) mass is 251 g/mol. The molecule has 0 spiro atoms. The number of nitrogens with zero attached hydrogens (tertiary/aromatic N) is 3. The van der Waals surface area contributed by atoms with E-state index in [1.165, 1.54) is 23.7 Å². The van der Waals surface area contributed by atoms with Gasteiger partial charge in [-0.3, -0.25) is 15.2 Å². The third-order valence-electron chi connectivity index (χ3n) is 2.01. The average molecular weight is 251 g/mol. The van der Waals surface area contributed by atoms with Gasteiger partial charge in [0.25, 0.3) is 5.91 Å². The molecule has 0 aromatic carbocycles. The minimum Gasteiger partial charge on any atom is -0.411 e. The van der Waals surface area contributed by atoms with Gasteiger partial charge in [-0.1, -0.05) is 5.16 Å². The van der Waals surface area contributed by atoms with Gasteiger partial charge in [-0.25, -0.2) is 4.98 Å². The molecule has 0 radical (unpaired) electrons.